The molecule has 1 atom stereocenters. The van der Waals surface area contributed by atoms with Crippen LogP contribution in [0, 0.1) is 25.2 Å². The lowest BCUT2D eigenvalue weighted by atomic mass is 10.2. The summed E-state index contributed by atoms with van der Waals surface area (Å²) in [5.41, 5.74) is 2.74. The summed E-state index contributed by atoms with van der Waals surface area (Å²) in [6, 6.07) is 12.9. The number of amides is 1. The van der Waals surface area contributed by atoms with Gasteiger partial charge in [-0.1, -0.05) is 5.16 Å². The van der Waals surface area contributed by atoms with Crippen molar-refractivity contribution in [3.8, 4) is 17.6 Å². The maximum atomic E-state index is 12.6. The van der Waals surface area contributed by atoms with Crippen molar-refractivity contribution in [2.24, 2.45) is 0 Å². The molecule has 0 spiro atoms. The minimum atomic E-state index is -1.05. The monoisotopic (exact) mass is 449 g/mol. The number of hydrogen-bond acceptors (Lipinski definition) is 8. The number of carbonyl (C=O) groups is 2. The summed E-state index contributed by atoms with van der Waals surface area (Å²) in [6.45, 7) is 5.32. The van der Waals surface area contributed by atoms with Gasteiger partial charge < -0.3 is 24.1 Å². The number of benzene rings is 2. The maximum absolute atomic E-state index is 12.6. The predicted molar refractivity (Wildman–Crippen MR) is 118 cm³/mol. The van der Waals surface area contributed by atoms with Gasteiger partial charge in [-0.3, -0.25) is 4.79 Å². The topological polar surface area (TPSA) is 124 Å². The minimum absolute atomic E-state index is 0.203. The largest absolute Gasteiger partial charge is 0.493 e. The second kappa shape index (κ2) is 10.3. The normalized spacial score (nSPS) is 11.2. The lowest BCUT2D eigenvalue weighted by molar-refractivity contribution is -0.123. The Morgan fingerprint density at radius 1 is 1.15 bits per heavy atom. The number of aryl methyl sites for hydroxylation is 2. The van der Waals surface area contributed by atoms with E-state index >= 15 is 0 Å². The fraction of sp³-hybridized carbons (Fsp3) is 0.250. The van der Waals surface area contributed by atoms with E-state index < -0.39 is 18.0 Å². The zero-order valence-electron chi connectivity index (χ0n) is 18.7. The highest BCUT2D eigenvalue weighted by atomic mass is 16.5. The first-order valence-electron chi connectivity index (χ1n) is 10.1. The Labute approximate surface area is 190 Å². The molecule has 2 aromatic carbocycles. The Morgan fingerprint density at radius 2 is 1.88 bits per heavy atom. The molecule has 9 heteroatoms. The number of carbonyl (C=O) groups excluding carboxylic acids is 2. The first-order valence-corrected chi connectivity index (χ1v) is 10.1. The molecule has 1 unspecified atom stereocenters. The van der Waals surface area contributed by atoms with Crippen molar-refractivity contribution in [3.63, 3.8) is 0 Å². The molecule has 3 aromatic rings. The number of esters is 1. The highest BCUT2D eigenvalue weighted by Crippen LogP contribution is 2.30. The van der Waals surface area contributed by atoms with Gasteiger partial charge in [-0.15, -0.1) is 0 Å². The van der Waals surface area contributed by atoms with Gasteiger partial charge in [0.2, 0.25) is 0 Å². The van der Waals surface area contributed by atoms with E-state index in [-0.39, 0.29) is 12.2 Å². The van der Waals surface area contributed by atoms with Crippen LogP contribution in [0.5, 0.6) is 11.5 Å². The molecule has 0 fully saturated rings. The molecule has 1 heterocycles. The van der Waals surface area contributed by atoms with Crippen molar-refractivity contribution in [1.82, 2.24) is 5.16 Å². The Balaban J connectivity index is 1.62. The summed E-state index contributed by atoms with van der Waals surface area (Å²) in [4.78, 5) is 24.9. The molecule has 0 aliphatic rings. The van der Waals surface area contributed by atoms with Crippen LogP contribution in [0.15, 0.2) is 47.0 Å². The third-order valence-corrected chi connectivity index (χ3v) is 4.89. The number of nitrogens with one attached hydrogen (secondary N) is 1. The van der Waals surface area contributed by atoms with Gasteiger partial charge >= 0.3 is 5.97 Å². The molecule has 0 saturated heterocycles. The fourth-order valence-electron chi connectivity index (χ4n) is 2.93. The van der Waals surface area contributed by atoms with Crippen LogP contribution in [-0.4, -0.2) is 30.2 Å². The van der Waals surface area contributed by atoms with E-state index in [2.05, 4.69) is 10.5 Å². The molecule has 0 saturated carbocycles. The molecule has 170 valence electrons. The zero-order chi connectivity index (χ0) is 24.0. The Kier molecular flexibility index (Phi) is 7.31. The van der Waals surface area contributed by atoms with Gasteiger partial charge in [0, 0.05) is 5.69 Å². The molecular weight excluding hydrogens is 426 g/mol. The van der Waals surface area contributed by atoms with Crippen LogP contribution >= 0.6 is 0 Å². The van der Waals surface area contributed by atoms with Gasteiger partial charge in [-0.2, -0.15) is 5.26 Å². The number of rotatable bonds is 8. The molecule has 1 aromatic heterocycles. The van der Waals surface area contributed by atoms with Gasteiger partial charge in [0.1, 0.15) is 12.4 Å². The third kappa shape index (κ3) is 5.68. The molecule has 3 rings (SSSR count). The van der Waals surface area contributed by atoms with Gasteiger partial charge in [-0.05, 0) is 63.2 Å². The maximum Gasteiger partial charge on any atom is 0.339 e. The van der Waals surface area contributed by atoms with Gasteiger partial charge in [0.25, 0.3) is 5.91 Å². The zero-order valence-corrected chi connectivity index (χ0v) is 18.7. The number of hydrogen-bond donors (Lipinski definition) is 1. The van der Waals surface area contributed by atoms with Crippen molar-refractivity contribution in [3.05, 3.63) is 70.6 Å². The lowest BCUT2D eigenvalue weighted by Crippen LogP contribution is -2.30. The molecule has 1 amide bonds. The Bertz CT molecular complexity index is 1170. The van der Waals surface area contributed by atoms with Gasteiger partial charge in [0.05, 0.1) is 35.6 Å². The molecule has 0 radical (unpaired) electrons. The van der Waals surface area contributed by atoms with E-state index in [1.165, 1.54) is 26.2 Å². The number of nitriles is 1. The highest BCUT2D eigenvalue weighted by Gasteiger charge is 2.21. The molecule has 9 nitrogen and oxygen atoms in total. The van der Waals surface area contributed by atoms with Crippen LogP contribution in [0.3, 0.4) is 0 Å². The SMILES string of the molecule is COc1cc(C(=O)OC(C)C(=O)Nc2ccc(C#N)cc2)ccc1OCc1c(C)noc1C. The summed E-state index contributed by atoms with van der Waals surface area (Å²) >= 11 is 0. The molecule has 33 heavy (non-hydrogen) atoms. The van der Waals surface area contributed by atoms with Crippen molar-refractivity contribution < 1.29 is 28.3 Å². The summed E-state index contributed by atoms with van der Waals surface area (Å²) in [5.74, 6) is 0.249. The first-order chi connectivity index (χ1) is 15.8. The number of methoxy groups -OCH3 is 1. The highest BCUT2D eigenvalue weighted by molar-refractivity contribution is 5.97. The molecule has 1 N–H and O–H groups in total. The van der Waals surface area contributed by atoms with E-state index in [0.29, 0.717) is 28.5 Å². The molecule has 0 bridgehead atoms. The average Bonchev–Trinajstić information content (AvgIpc) is 3.14. The van der Waals surface area contributed by atoms with Crippen molar-refractivity contribution in [1.29, 1.82) is 5.26 Å². The summed E-state index contributed by atoms with van der Waals surface area (Å²) < 4.78 is 21.6. The number of aromatic nitrogens is 1. The smallest absolute Gasteiger partial charge is 0.339 e. The van der Waals surface area contributed by atoms with Gasteiger partial charge in [-0.25, -0.2) is 4.79 Å². The fourth-order valence-corrected chi connectivity index (χ4v) is 2.93. The van der Waals surface area contributed by atoms with Crippen LogP contribution in [0.4, 0.5) is 5.69 Å². The number of anilines is 1. The second-order valence-corrected chi connectivity index (χ2v) is 7.18. The molecular formula is C24H23N3O6. The van der Waals surface area contributed by atoms with Crippen LogP contribution in [0.2, 0.25) is 0 Å². The van der Waals surface area contributed by atoms with Crippen molar-refractivity contribution in [2.75, 3.05) is 12.4 Å². The van der Waals surface area contributed by atoms with E-state index in [4.69, 9.17) is 24.0 Å². The number of ether oxygens (including phenoxy) is 3. The predicted octanol–water partition coefficient (Wildman–Crippen LogP) is 3.93. The van der Waals surface area contributed by atoms with Crippen LogP contribution in [-0.2, 0) is 16.1 Å². The van der Waals surface area contributed by atoms with Gasteiger partial charge in [0.15, 0.2) is 17.6 Å². The van der Waals surface area contributed by atoms with Crippen molar-refractivity contribution in [2.45, 2.75) is 33.5 Å². The van der Waals surface area contributed by atoms with E-state index in [1.54, 1.807) is 37.3 Å². The quantitative estimate of drug-likeness (QED) is 0.513. The standard InChI is InChI=1S/C24H23N3O6/c1-14-20(15(2)33-27-14)13-31-21-10-7-18(11-22(21)30-4)24(29)32-16(3)23(28)26-19-8-5-17(12-25)6-9-19/h5-11,16H,13H2,1-4H3,(H,26,28). The van der Waals surface area contributed by atoms with Crippen LogP contribution in [0.25, 0.3) is 0 Å². The van der Waals surface area contributed by atoms with E-state index in [9.17, 15) is 9.59 Å². The molecule has 0 aliphatic heterocycles. The molecule has 0 aliphatic carbocycles. The number of nitrogens with zero attached hydrogens (tertiary/aromatic N) is 2. The lowest BCUT2D eigenvalue weighted by Gasteiger charge is -2.15. The first kappa shape index (κ1) is 23.3. The second-order valence-electron chi connectivity index (χ2n) is 7.18. The summed E-state index contributed by atoms with van der Waals surface area (Å²) in [7, 11) is 1.46. The third-order valence-electron chi connectivity index (χ3n) is 4.89. The average molecular weight is 449 g/mol. The van der Waals surface area contributed by atoms with E-state index in [0.717, 1.165) is 11.3 Å². The Morgan fingerprint density at radius 3 is 2.48 bits per heavy atom. The van der Waals surface area contributed by atoms with E-state index in [1.807, 2.05) is 13.0 Å². The minimum Gasteiger partial charge on any atom is -0.493 e. The Hall–Kier alpha value is -4.32. The van der Waals surface area contributed by atoms with Crippen molar-refractivity contribution >= 4 is 17.6 Å². The summed E-state index contributed by atoms with van der Waals surface area (Å²) in [6.07, 6.45) is -1.05. The van der Waals surface area contributed by atoms with Crippen LogP contribution < -0.4 is 14.8 Å². The summed E-state index contributed by atoms with van der Waals surface area (Å²) in [5, 5.41) is 15.4. The van der Waals surface area contributed by atoms with Crippen LogP contribution in [0.1, 0.15) is 39.9 Å².